The summed E-state index contributed by atoms with van der Waals surface area (Å²) in [6.45, 7) is 12.0. The van der Waals surface area contributed by atoms with Crippen LogP contribution in [0.3, 0.4) is 0 Å². The molecule has 0 saturated carbocycles. The van der Waals surface area contributed by atoms with Crippen LogP contribution in [0, 0.1) is 5.41 Å². The van der Waals surface area contributed by atoms with Crippen LogP contribution < -0.4 is 0 Å². The maximum atomic E-state index is 12.6. The van der Waals surface area contributed by atoms with Gasteiger partial charge in [0, 0.05) is 0 Å². The first kappa shape index (κ1) is 19.2. The number of ether oxygens (including phenoxy) is 4. The van der Waals surface area contributed by atoms with Crippen molar-refractivity contribution >= 4 is 17.9 Å². The molecule has 0 amide bonds. The van der Waals surface area contributed by atoms with Crippen molar-refractivity contribution in [1.29, 1.82) is 0 Å². The van der Waals surface area contributed by atoms with Crippen molar-refractivity contribution in [2.45, 2.75) is 46.3 Å². The summed E-state index contributed by atoms with van der Waals surface area (Å²) in [7, 11) is 0. The van der Waals surface area contributed by atoms with Crippen LogP contribution in [0.2, 0.25) is 0 Å². The molecule has 1 aliphatic heterocycles. The van der Waals surface area contributed by atoms with E-state index in [-0.39, 0.29) is 25.4 Å². The van der Waals surface area contributed by atoms with Crippen LogP contribution in [0.25, 0.3) is 0 Å². The Balaban J connectivity index is 3.50. The van der Waals surface area contributed by atoms with Gasteiger partial charge in [0.25, 0.3) is 0 Å². The summed E-state index contributed by atoms with van der Waals surface area (Å²) < 4.78 is 20.7. The molecule has 1 saturated heterocycles. The maximum absolute atomic E-state index is 12.6. The molecule has 0 radical (unpaired) electrons. The van der Waals surface area contributed by atoms with E-state index in [1.54, 1.807) is 34.6 Å². The Morgan fingerprint density at radius 1 is 1.00 bits per heavy atom. The van der Waals surface area contributed by atoms with Crippen LogP contribution in [0.1, 0.15) is 34.6 Å². The molecule has 1 unspecified atom stereocenters. The third-order valence-corrected chi connectivity index (χ3v) is 3.70. The average Bonchev–Trinajstić information content (AvgIpc) is 2.68. The normalized spacial score (nSPS) is 21.6. The molecule has 1 fully saturated rings. The Hall–Kier alpha value is -1.89. The van der Waals surface area contributed by atoms with Gasteiger partial charge in [-0.3, -0.25) is 9.59 Å². The first-order chi connectivity index (χ1) is 10.7. The van der Waals surface area contributed by atoms with Gasteiger partial charge in [0.1, 0.15) is 0 Å². The zero-order valence-electron chi connectivity index (χ0n) is 14.3. The molecule has 1 aliphatic rings. The highest BCUT2D eigenvalue weighted by molar-refractivity contribution is 6.09. The van der Waals surface area contributed by atoms with Gasteiger partial charge < -0.3 is 18.9 Å². The minimum Gasteiger partial charge on any atom is -0.465 e. The van der Waals surface area contributed by atoms with Gasteiger partial charge in [0.2, 0.25) is 5.41 Å². The molecule has 0 N–H and O–H groups in total. The Labute approximate surface area is 135 Å². The zero-order chi connectivity index (χ0) is 17.8. The molecule has 1 heterocycles. The van der Waals surface area contributed by atoms with Crippen molar-refractivity contribution < 1.29 is 33.3 Å². The standard InChI is InChI=1S/C16H24O7/c1-7-20-12(17)11-16(13(18)21-8-2,14(19)22-9-3)10(4)15(5,6)23-11/h11H,4,7-9H2,1-3,5-6H3. The molecule has 0 aliphatic carbocycles. The molecule has 0 bridgehead atoms. The maximum Gasteiger partial charge on any atom is 0.337 e. The third kappa shape index (κ3) is 3.10. The number of hydrogen-bond donors (Lipinski definition) is 0. The minimum atomic E-state index is -2.07. The molecule has 0 aromatic heterocycles. The lowest BCUT2D eigenvalue weighted by Crippen LogP contribution is -2.52. The topological polar surface area (TPSA) is 88.1 Å². The minimum absolute atomic E-state index is 0.0310. The van der Waals surface area contributed by atoms with Crippen molar-refractivity contribution in [3.63, 3.8) is 0 Å². The van der Waals surface area contributed by atoms with Crippen molar-refractivity contribution in [2.75, 3.05) is 19.8 Å². The Morgan fingerprint density at radius 3 is 1.83 bits per heavy atom. The Morgan fingerprint density at radius 2 is 1.43 bits per heavy atom. The predicted molar refractivity (Wildman–Crippen MR) is 80.4 cm³/mol. The summed E-state index contributed by atoms with van der Waals surface area (Å²) in [4.78, 5) is 37.6. The van der Waals surface area contributed by atoms with E-state index in [0.717, 1.165) is 0 Å². The van der Waals surface area contributed by atoms with E-state index in [4.69, 9.17) is 18.9 Å². The molecule has 7 nitrogen and oxygen atoms in total. The fraction of sp³-hybridized carbons (Fsp3) is 0.688. The van der Waals surface area contributed by atoms with Crippen molar-refractivity contribution in [2.24, 2.45) is 5.41 Å². The van der Waals surface area contributed by atoms with Crippen LogP contribution in [0.5, 0.6) is 0 Å². The molecular formula is C16H24O7. The molecule has 0 spiro atoms. The molecule has 0 aromatic rings. The molecule has 7 heteroatoms. The van der Waals surface area contributed by atoms with Gasteiger partial charge in [-0.15, -0.1) is 0 Å². The van der Waals surface area contributed by atoms with Crippen molar-refractivity contribution in [3.05, 3.63) is 12.2 Å². The largest absolute Gasteiger partial charge is 0.465 e. The van der Waals surface area contributed by atoms with Gasteiger partial charge in [-0.05, 0) is 40.2 Å². The number of hydrogen-bond acceptors (Lipinski definition) is 7. The first-order valence-electron chi connectivity index (χ1n) is 7.58. The summed E-state index contributed by atoms with van der Waals surface area (Å²) in [6.07, 6.45) is -1.50. The van der Waals surface area contributed by atoms with E-state index in [9.17, 15) is 14.4 Å². The lowest BCUT2D eigenvalue weighted by atomic mass is 9.73. The average molecular weight is 328 g/mol. The van der Waals surface area contributed by atoms with E-state index in [2.05, 4.69) is 6.58 Å². The predicted octanol–water partition coefficient (Wildman–Crippen LogP) is 1.40. The second kappa shape index (κ2) is 7.12. The molecular weight excluding hydrogens is 304 g/mol. The van der Waals surface area contributed by atoms with E-state index < -0.39 is 35.0 Å². The van der Waals surface area contributed by atoms with E-state index in [1.807, 2.05) is 0 Å². The lowest BCUT2D eigenvalue weighted by molar-refractivity contribution is -0.184. The summed E-state index contributed by atoms with van der Waals surface area (Å²) in [5.41, 5.74) is -3.06. The van der Waals surface area contributed by atoms with Gasteiger partial charge in [0.15, 0.2) is 6.10 Å². The molecule has 1 atom stereocenters. The van der Waals surface area contributed by atoms with Gasteiger partial charge >= 0.3 is 17.9 Å². The number of rotatable bonds is 6. The van der Waals surface area contributed by atoms with Gasteiger partial charge in [-0.25, -0.2) is 4.79 Å². The van der Waals surface area contributed by atoms with Crippen LogP contribution >= 0.6 is 0 Å². The third-order valence-electron chi connectivity index (χ3n) is 3.70. The monoisotopic (exact) mass is 328 g/mol. The Bertz CT molecular complexity index is 489. The van der Waals surface area contributed by atoms with Crippen molar-refractivity contribution in [3.8, 4) is 0 Å². The Kier molecular flexibility index (Phi) is 5.93. The number of esters is 3. The summed E-state index contributed by atoms with van der Waals surface area (Å²) in [5, 5.41) is 0. The lowest BCUT2D eigenvalue weighted by Gasteiger charge is -2.29. The zero-order valence-corrected chi connectivity index (χ0v) is 14.3. The summed E-state index contributed by atoms with van der Waals surface area (Å²) >= 11 is 0. The van der Waals surface area contributed by atoms with Gasteiger partial charge in [-0.1, -0.05) is 6.58 Å². The summed E-state index contributed by atoms with van der Waals surface area (Å²) in [6, 6.07) is 0. The summed E-state index contributed by atoms with van der Waals surface area (Å²) in [5.74, 6) is -2.68. The smallest absolute Gasteiger partial charge is 0.337 e. The first-order valence-corrected chi connectivity index (χ1v) is 7.58. The van der Waals surface area contributed by atoms with Gasteiger partial charge in [-0.2, -0.15) is 0 Å². The molecule has 23 heavy (non-hydrogen) atoms. The van der Waals surface area contributed by atoms with E-state index >= 15 is 0 Å². The number of carbonyl (C=O) groups is 3. The van der Waals surface area contributed by atoms with Gasteiger partial charge in [0.05, 0.1) is 25.4 Å². The molecule has 1 rings (SSSR count). The van der Waals surface area contributed by atoms with E-state index in [1.165, 1.54) is 0 Å². The number of carbonyl (C=O) groups excluding carboxylic acids is 3. The molecule has 130 valence electrons. The fourth-order valence-corrected chi connectivity index (χ4v) is 2.56. The second-order valence-electron chi connectivity index (χ2n) is 5.49. The highest BCUT2D eigenvalue weighted by Gasteiger charge is 2.69. The van der Waals surface area contributed by atoms with Crippen LogP contribution in [0.4, 0.5) is 0 Å². The molecule has 0 aromatic carbocycles. The highest BCUT2D eigenvalue weighted by atomic mass is 16.6. The van der Waals surface area contributed by atoms with Crippen LogP contribution in [0.15, 0.2) is 12.2 Å². The van der Waals surface area contributed by atoms with Crippen LogP contribution in [-0.4, -0.2) is 49.4 Å². The second-order valence-corrected chi connectivity index (χ2v) is 5.49. The fourth-order valence-electron chi connectivity index (χ4n) is 2.56. The SMILES string of the molecule is C=C1C(C)(C)OC(C(=O)OCC)C1(C(=O)OCC)C(=O)OCC. The quantitative estimate of drug-likeness (QED) is 0.315. The van der Waals surface area contributed by atoms with Crippen molar-refractivity contribution in [1.82, 2.24) is 0 Å². The highest BCUT2D eigenvalue weighted by Crippen LogP contribution is 2.50. The van der Waals surface area contributed by atoms with Crippen LogP contribution in [-0.2, 0) is 33.3 Å². The van der Waals surface area contributed by atoms with E-state index in [0.29, 0.717) is 0 Å².